The second kappa shape index (κ2) is 6.50. The lowest BCUT2D eigenvalue weighted by Crippen LogP contribution is -2.26. The summed E-state index contributed by atoms with van der Waals surface area (Å²) < 4.78 is 2.85. The maximum atomic E-state index is 3.50. The van der Waals surface area contributed by atoms with Gasteiger partial charge in [0, 0.05) is 26.9 Å². The van der Waals surface area contributed by atoms with E-state index in [2.05, 4.69) is 42.0 Å². The van der Waals surface area contributed by atoms with Crippen molar-refractivity contribution in [3.8, 4) is 0 Å². The molecule has 0 saturated heterocycles. The molecule has 4 heteroatoms. The van der Waals surface area contributed by atoms with Crippen LogP contribution in [0.4, 0.5) is 0 Å². The van der Waals surface area contributed by atoms with Gasteiger partial charge in [-0.15, -0.1) is 22.7 Å². The Balaban J connectivity index is 1.64. The predicted octanol–water partition coefficient (Wildman–Crippen LogP) is 3.44. The summed E-state index contributed by atoms with van der Waals surface area (Å²) in [6.45, 7) is 7.57. The van der Waals surface area contributed by atoms with Crippen LogP contribution in [0.25, 0.3) is 9.40 Å². The summed E-state index contributed by atoms with van der Waals surface area (Å²) in [6, 6.07) is 5.11. The minimum Gasteiger partial charge on any atom is -0.314 e. The van der Waals surface area contributed by atoms with E-state index in [0.717, 1.165) is 19.6 Å². The highest BCUT2D eigenvalue weighted by Crippen LogP contribution is 2.29. The molecular weight excluding hydrogens is 248 g/mol. The molecule has 0 aliphatic carbocycles. The number of nitrogens with one attached hydrogen (secondary N) is 2. The molecule has 0 unspecified atom stereocenters. The molecule has 2 heterocycles. The molecule has 0 fully saturated rings. The summed E-state index contributed by atoms with van der Waals surface area (Å²) in [5.74, 6) is 0. The number of rotatable bonds is 7. The van der Waals surface area contributed by atoms with Crippen molar-refractivity contribution in [2.75, 3.05) is 13.1 Å². The van der Waals surface area contributed by atoms with Crippen LogP contribution in [0, 0.1) is 0 Å². The van der Waals surface area contributed by atoms with Crippen LogP contribution in [-0.4, -0.2) is 19.1 Å². The molecule has 17 heavy (non-hydrogen) atoms. The topological polar surface area (TPSA) is 24.1 Å². The monoisotopic (exact) mass is 268 g/mol. The maximum absolute atomic E-state index is 3.50. The summed E-state index contributed by atoms with van der Waals surface area (Å²) in [6.07, 6.45) is 1.19. The molecule has 0 spiro atoms. The molecule has 0 radical (unpaired) electrons. The van der Waals surface area contributed by atoms with Gasteiger partial charge in [-0.25, -0.2) is 0 Å². The van der Waals surface area contributed by atoms with E-state index >= 15 is 0 Å². The minimum atomic E-state index is 0.596. The van der Waals surface area contributed by atoms with Crippen LogP contribution in [0.1, 0.15) is 25.1 Å². The summed E-state index contributed by atoms with van der Waals surface area (Å²) in [7, 11) is 0. The minimum absolute atomic E-state index is 0.596. The fourth-order valence-corrected chi connectivity index (χ4v) is 3.82. The van der Waals surface area contributed by atoms with Gasteiger partial charge in [-0.2, -0.15) is 0 Å². The molecule has 2 aromatic heterocycles. The lowest BCUT2D eigenvalue weighted by Gasteiger charge is -2.07. The highest BCUT2D eigenvalue weighted by atomic mass is 32.1. The van der Waals surface area contributed by atoms with Crippen LogP contribution in [0.2, 0.25) is 0 Å². The van der Waals surface area contributed by atoms with Gasteiger partial charge in [0.1, 0.15) is 0 Å². The van der Waals surface area contributed by atoms with E-state index in [9.17, 15) is 0 Å². The van der Waals surface area contributed by atoms with Crippen molar-refractivity contribution in [1.29, 1.82) is 0 Å². The SMILES string of the molecule is CC(C)NCCCNCc1cc2sccc2s1. The van der Waals surface area contributed by atoms with Gasteiger partial charge < -0.3 is 10.6 Å². The van der Waals surface area contributed by atoms with Crippen molar-refractivity contribution >= 4 is 32.1 Å². The number of hydrogen-bond donors (Lipinski definition) is 2. The third-order valence-electron chi connectivity index (χ3n) is 2.57. The first-order valence-electron chi connectivity index (χ1n) is 6.16. The molecular formula is C13H20N2S2. The van der Waals surface area contributed by atoms with E-state index in [0.29, 0.717) is 6.04 Å². The Morgan fingerprint density at radius 3 is 2.88 bits per heavy atom. The van der Waals surface area contributed by atoms with Crippen molar-refractivity contribution in [2.24, 2.45) is 0 Å². The van der Waals surface area contributed by atoms with Gasteiger partial charge in [-0.1, -0.05) is 13.8 Å². The van der Waals surface area contributed by atoms with Crippen LogP contribution in [0.5, 0.6) is 0 Å². The van der Waals surface area contributed by atoms with Crippen molar-refractivity contribution in [2.45, 2.75) is 32.9 Å². The Kier molecular flexibility index (Phi) is 4.98. The molecule has 2 rings (SSSR count). The Bertz CT molecular complexity index is 416. The Labute approximate surface area is 111 Å². The fraction of sp³-hybridized carbons (Fsp3) is 0.538. The van der Waals surface area contributed by atoms with Gasteiger partial charge in [-0.05, 0) is 37.0 Å². The number of thiophene rings is 2. The largest absolute Gasteiger partial charge is 0.314 e. The zero-order valence-electron chi connectivity index (χ0n) is 10.5. The van der Waals surface area contributed by atoms with E-state index < -0.39 is 0 Å². The molecule has 0 atom stereocenters. The van der Waals surface area contributed by atoms with Gasteiger partial charge in [0.25, 0.3) is 0 Å². The van der Waals surface area contributed by atoms with Crippen LogP contribution < -0.4 is 10.6 Å². The van der Waals surface area contributed by atoms with Crippen LogP contribution in [0.3, 0.4) is 0 Å². The maximum Gasteiger partial charge on any atom is 0.0453 e. The third kappa shape index (κ3) is 4.07. The Hall–Kier alpha value is -0.420. The molecule has 0 saturated carbocycles. The first-order chi connectivity index (χ1) is 8.25. The van der Waals surface area contributed by atoms with Crippen molar-refractivity contribution in [1.82, 2.24) is 10.6 Å². The molecule has 2 nitrogen and oxygen atoms in total. The molecule has 0 amide bonds. The smallest absolute Gasteiger partial charge is 0.0453 e. The second-order valence-electron chi connectivity index (χ2n) is 4.50. The van der Waals surface area contributed by atoms with Crippen molar-refractivity contribution in [3.05, 3.63) is 22.4 Å². The normalized spacial score (nSPS) is 11.7. The summed E-state index contributed by atoms with van der Waals surface area (Å²) in [5, 5.41) is 9.09. The van der Waals surface area contributed by atoms with Crippen molar-refractivity contribution in [3.63, 3.8) is 0 Å². The zero-order chi connectivity index (χ0) is 12.1. The van der Waals surface area contributed by atoms with E-state index in [4.69, 9.17) is 0 Å². The van der Waals surface area contributed by atoms with Gasteiger partial charge in [-0.3, -0.25) is 0 Å². The predicted molar refractivity (Wildman–Crippen MR) is 79.2 cm³/mol. The lowest BCUT2D eigenvalue weighted by molar-refractivity contribution is 0.548. The Morgan fingerprint density at radius 2 is 2.12 bits per heavy atom. The number of fused-ring (bicyclic) bond motifs is 1. The molecule has 94 valence electrons. The Morgan fingerprint density at radius 1 is 1.24 bits per heavy atom. The highest BCUT2D eigenvalue weighted by molar-refractivity contribution is 7.26. The first kappa shape index (κ1) is 13.0. The van der Waals surface area contributed by atoms with Gasteiger partial charge in [0.15, 0.2) is 0 Å². The second-order valence-corrected chi connectivity index (χ2v) is 6.62. The third-order valence-corrected chi connectivity index (χ3v) is 4.67. The van der Waals surface area contributed by atoms with Crippen molar-refractivity contribution < 1.29 is 0 Å². The van der Waals surface area contributed by atoms with Gasteiger partial charge in [0.05, 0.1) is 0 Å². The van der Waals surface area contributed by atoms with Gasteiger partial charge >= 0.3 is 0 Å². The van der Waals surface area contributed by atoms with Crippen LogP contribution >= 0.6 is 22.7 Å². The quantitative estimate of drug-likeness (QED) is 0.752. The van der Waals surface area contributed by atoms with E-state index in [-0.39, 0.29) is 0 Å². The first-order valence-corrected chi connectivity index (χ1v) is 7.85. The van der Waals surface area contributed by atoms with Gasteiger partial charge in [0.2, 0.25) is 0 Å². The number of hydrogen-bond acceptors (Lipinski definition) is 4. The average Bonchev–Trinajstić information content (AvgIpc) is 2.82. The highest BCUT2D eigenvalue weighted by Gasteiger charge is 2.01. The van der Waals surface area contributed by atoms with Crippen LogP contribution in [-0.2, 0) is 6.54 Å². The average molecular weight is 268 g/mol. The molecule has 0 aliphatic rings. The van der Waals surface area contributed by atoms with Crippen LogP contribution in [0.15, 0.2) is 17.5 Å². The standard InChI is InChI=1S/C13H20N2S2/c1-10(2)15-6-3-5-14-9-11-8-13-12(17-11)4-7-16-13/h4,7-8,10,14-15H,3,5-6,9H2,1-2H3. The zero-order valence-corrected chi connectivity index (χ0v) is 12.1. The van der Waals surface area contributed by atoms with E-state index in [1.165, 1.54) is 20.7 Å². The van der Waals surface area contributed by atoms with E-state index in [1.807, 2.05) is 22.7 Å². The molecule has 0 bridgehead atoms. The summed E-state index contributed by atoms with van der Waals surface area (Å²) >= 11 is 3.74. The molecule has 0 aliphatic heterocycles. The lowest BCUT2D eigenvalue weighted by atomic mass is 10.3. The van der Waals surface area contributed by atoms with E-state index in [1.54, 1.807) is 0 Å². The fourth-order valence-electron chi connectivity index (χ4n) is 1.72. The molecule has 2 aromatic rings. The molecule has 0 aromatic carbocycles. The summed E-state index contributed by atoms with van der Waals surface area (Å²) in [5.41, 5.74) is 0. The summed E-state index contributed by atoms with van der Waals surface area (Å²) in [4.78, 5) is 1.45. The molecule has 2 N–H and O–H groups in total.